The van der Waals surface area contributed by atoms with Crippen LogP contribution in [-0.4, -0.2) is 45.3 Å². The van der Waals surface area contributed by atoms with E-state index < -0.39 is 23.4 Å². The maximum absolute atomic E-state index is 13.0. The number of nitrogens with zero attached hydrogens (tertiary/aromatic N) is 2. The van der Waals surface area contributed by atoms with Crippen molar-refractivity contribution in [3.05, 3.63) is 17.0 Å². The fourth-order valence-electron chi connectivity index (χ4n) is 3.96. The van der Waals surface area contributed by atoms with Gasteiger partial charge in [0, 0.05) is 30.8 Å². The summed E-state index contributed by atoms with van der Waals surface area (Å²) in [5, 5.41) is 16.3. The molecule has 0 radical (unpaired) electrons. The van der Waals surface area contributed by atoms with Gasteiger partial charge in [0.05, 0.1) is 5.60 Å². The van der Waals surface area contributed by atoms with Gasteiger partial charge in [0.1, 0.15) is 0 Å². The molecule has 0 aromatic carbocycles. The van der Waals surface area contributed by atoms with Crippen molar-refractivity contribution in [2.24, 2.45) is 5.92 Å². The average Bonchev–Trinajstić information content (AvgIpc) is 3.11. The van der Waals surface area contributed by atoms with Gasteiger partial charge < -0.3 is 10.0 Å². The van der Waals surface area contributed by atoms with Crippen molar-refractivity contribution in [3.8, 4) is 0 Å². The van der Waals surface area contributed by atoms with Crippen LogP contribution in [0.15, 0.2) is 0 Å². The topological polar surface area (TPSA) is 69.2 Å². The van der Waals surface area contributed by atoms with Gasteiger partial charge in [-0.3, -0.25) is 9.89 Å². The van der Waals surface area contributed by atoms with Crippen molar-refractivity contribution >= 4 is 5.91 Å². The van der Waals surface area contributed by atoms with E-state index in [-0.39, 0.29) is 24.4 Å². The van der Waals surface area contributed by atoms with Crippen LogP contribution in [0.1, 0.15) is 49.1 Å². The van der Waals surface area contributed by atoms with E-state index in [1.807, 2.05) is 0 Å². The minimum atomic E-state index is -4.51. The lowest BCUT2D eigenvalue weighted by atomic mass is 9.85. The standard InChI is InChI=1S/C16H22F3N3O2/c1-22(9-15(24)6-2-3-7-15)14(23)10-4-5-12-11(8-10)13(21-20-12)16(17,18)19/h10,24H,2-9H2,1H3,(H,20,21). The molecule has 0 spiro atoms. The van der Waals surface area contributed by atoms with Crippen LogP contribution in [0.25, 0.3) is 0 Å². The highest BCUT2D eigenvalue weighted by Gasteiger charge is 2.41. The van der Waals surface area contributed by atoms with Crippen LogP contribution in [0.5, 0.6) is 0 Å². The first kappa shape index (κ1) is 17.3. The summed E-state index contributed by atoms with van der Waals surface area (Å²) in [6, 6.07) is 0. The summed E-state index contributed by atoms with van der Waals surface area (Å²) in [6.07, 6.45) is -0.382. The highest BCUT2D eigenvalue weighted by Crippen LogP contribution is 2.37. The highest BCUT2D eigenvalue weighted by atomic mass is 19.4. The van der Waals surface area contributed by atoms with E-state index in [0.29, 0.717) is 31.4 Å². The second-order valence-electron chi connectivity index (χ2n) is 7.09. The minimum absolute atomic E-state index is 0.0439. The first-order chi connectivity index (χ1) is 11.2. The Morgan fingerprint density at radius 3 is 2.71 bits per heavy atom. The number of nitrogens with one attached hydrogen (secondary N) is 1. The third kappa shape index (κ3) is 3.29. The average molecular weight is 345 g/mol. The molecule has 24 heavy (non-hydrogen) atoms. The molecule has 0 bridgehead atoms. The van der Waals surface area contributed by atoms with Crippen molar-refractivity contribution in [3.63, 3.8) is 0 Å². The number of aromatic nitrogens is 2. The second kappa shape index (κ2) is 6.06. The molecule has 5 nitrogen and oxygen atoms in total. The van der Waals surface area contributed by atoms with Gasteiger partial charge in [-0.25, -0.2) is 0 Å². The predicted octanol–water partition coefficient (Wildman–Crippen LogP) is 2.30. The second-order valence-corrected chi connectivity index (χ2v) is 7.09. The maximum Gasteiger partial charge on any atom is 0.435 e. The van der Waals surface area contributed by atoms with Gasteiger partial charge in [-0.2, -0.15) is 18.3 Å². The van der Waals surface area contributed by atoms with Crippen LogP contribution in [-0.2, 0) is 23.8 Å². The lowest BCUT2D eigenvalue weighted by Gasteiger charge is -2.32. The maximum atomic E-state index is 13.0. The molecule has 1 heterocycles. The molecule has 134 valence electrons. The number of halogens is 3. The van der Waals surface area contributed by atoms with Crippen molar-refractivity contribution in [2.45, 2.75) is 56.7 Å². The van der Waals surface area contributed by atoms with E-state index in [9.17, 15) is 23.1 Å². The molecule has 1 unspecified atom stereocenters. The smallest absolute Gasteiger partial charge is 0.388 e. The monoisotopic (exact) mass is 345 g/mol. The summed E-state index contributed by atoms with van der Waals surface area (Å²) in [5.41, 5.74) is -1.17. The number of fused-ring (bicyclic) bond motifs is 1. The molecule has 0 aliphatic heterocycles. The Morgan fingerprint density at radius 1 is 1.42 bits per heavy atom. The molecular weight excluding hydrogens is 323 g/mol. The van der Waals surface area contributed by atoms with Crippen molar-refractivity contribution < 1.29 is 23.1 Å². The number of carbonyl (C=O) groups is 1. The fourth-order valence-corrected chi connectivity index (χ4v) is 3.96. The first-order valence-corrected chi connectivity index (χ1v) is 8.30. The number of hydrogen-bond acceptors (Lipinski definition) is 3. The van der Waals surface area contributed by atoms with Gasteiger partial charge in [0.15, 0.2) is 5.69 Å². The van der Waals surface area contributed by atoms with E-state index in [1.54, 1.807) is 7.05 Å². The normalized spacial score (nSPS) is 23.1. The lowest BCUT2D eigenvalue weighted by molar-refractivity contribution is -0.143. The molecule has 1 aromatic rings. The third-order valence-corrected chi connectivity index (χ3v) is 5.21. The molecule has 1 aromatic heterocycles. The van der Waals surface area contributed by atoms with Crippen LogP contribution >= 0.6 is 0 Å². The number of aromatic amines is 1. The number of hydrogen-bond donors (Lipinski definition) is 2. The summed E-state index contributed by atoms with van der Waals surface area (Å²) < 4.78 is 39.0. The molecule has 1 atom stereocenters. The highest BCUT2D eigenvalue weighted by molar-refractivity contribution is 5.79. The van der Waals surface area contributed by atoms with Crippen molar-refractivity contribution in [1.29, 1.82) is 0 Å². The van der Waals surface area contributed by atoms with E-state index in [2.05, 4.69) is 10.2 Å². The Hall–Kier alpha value is -1.57. The Morgan fingerprint density at radius 2 is 2.08 bits per heavy atom. The zero-order valence-electron chi connectivity index (χ0n) is 13.6. The molecule has 2 aliphatic rings. The van der Waals surface area contributed by atoms with Gasteiger partial charge in [0.25, 0.3) is 0 Å². The number of H-pyrrole nitrogens is 1. The Labute approximate surface area is 138 Å². The summed E-state index contributed by atoms with van der Waals surface area (Å²) in [7, 11) is 1.62. The van der Waals surface area contributed by atoms with Crippen LogP contribution in [0.4, 0.5) is 13.2 Å². The quantitative estimate of drug-likeness (QED) is 0.883. The van der Waals surface area contributed by atoms with Gasteiger partial charge in [-0.15, -0.1) is 0 Å². The SMILES string of the molecule is CN(CC1(O)CCCC1)C(=O)C1CCc2[nH]nc(C(F)(F)F)c2C1. The van der Waals surface area contributed by atoms with Crippen LogP contribution in [0.3, 0.4) is 0 Å². The number of aliphatic hydroxyl groups is 1. The van der Waals surface area contributed by atoms with Crippen LogP contribution < -0.4 is 0 Å². The third-order valence-electron chi connectivity index (χ3n) is 5.21. The Kier molecular flexibility index (Phi) is 4.36. The number of aryl methyl sites for hydroxylation is 1. The summed E-state index contributed by atoms with van der Waals surface area (Å²) >= 11 is 0. The van der Waals surface area contributed by atoms with Crippen LogP contribution in [0, 0.1) is 5.92 Å². The molecule has 8 heteroatoms. The van der Waals surface area contributed by atoms with Crippen molar-refractivity contribution in [2.75, 3.05) is 13.6 Å². The fraction of sp³-hybridized carbons (Fsp3) is 0.750. The summed E-state index contributed by atoms with van der Waals surface area (Å²) in [5.74, 6) is -0.693. The molecule has 2 N–H and O–H groups in total. The molecule has 3 rings (SSSR count). The number of likely N-dealkylation sites (N-methyl/N-ethyl adjacent to an activating group) is 1. The zero-order chi connectivity index (χ0) is 17.5. The zero-order valence-corrected chi connectivity index (χ0v) is 13.6. The minimum Gasteiger partial charge on any atom is -0.388 e. The predicted molar refractivity (Wildman–Crippen MR) is 80.2 cm³/mol. The van der Waals surface area contributed by atoms with E-state index >= 15 is 0 Å². The summed E-state index contributed by atoms with van der Waals surface area (Å²) in [4.78, 5) is 14.1. The van der Waals surface area contributed by atoms with Gasteiger partial charge in [0.2, 0.25) is 5.91 Å². The number of carbonyl (C=O) groups excluding carboxylic acids is 1. The van der Waals surface area contributed by atoms with E-state index in [0.717, 1.165) is 12.8 Å². The lowest BCUT2D eigenvalue weighted by Crippen LogP contribution is -2.45. The van der Waals surface area contributed by atoms with Gasteiger partial charge in [-0.05, 0) is 32.1 Å². The van der Waals surface area contributed by atoms with Crippen molar-refractivity contribution in [1.82, 2.24) is 15.1 Å². The van der Waals surface area contributed by atoms with E-state index in [4.69, 9.17) is 0 Å². The molecule has 1 amide bonds. The summed E-state index contributed by atoms with van der Waals surface area (Å²) in [6.45, 7) is 0.243. The van der Waals surface area contributed by atoms with Crippen LogP contribution in [0.2, 0.25) is 0 Å². The van der Waals surface area contributed by atoms with Gasteiger partial charge >= 0.3 is 6.18 Å². The molecule has 1 saturated carbocycles. The van der Waals surface area contributed by atoms with E-state index in [1.165, 1.54) is 4.90 Å². The molecule has 2 aliphatic carbocycles. The Balaban J connectivity index is 1.70. The largest absolute Gasteiger partial charge is 0.435 e. The van der Waals surface area contributed by atoms with Gasteiger partial charge in [-0.1, -0.05) is 12.8 Å². The number of alkyl halides is 3. The molecular formula is C16H22F3N3O2. The molecule has 0 saturated heterocycles. The first-order valence-electron chi connectivity index (χ1n) is 8.30. The number of rotatable bonds is 3. The Bertz CT molecular complexity index is 621. The molecule has 1 fully saturated rings. The number of amides is 1.